The van der Waals surface area contributed by atoms with Crippen molar-refractivity contribution in [3.8, 4) is 0 Å². The Morgan fingerprint density at radius 1 is 1.09 bits per heavy atom. The van der Waals surface area contributed by atoms with Crippen molar-refractivity contribution in [1.82, 2.24) is 9.97 Å². The van der Waals surface area contributed by atoms with Crippen molar-refractivity contribution in [1.29, 1.82) is 0 Å². The fraction of sp³-hybridized carbons (Fsp3) is 0.483. The van der Waals surface area contributed by atoms with Crippen LogP contribution in [0.5, 0.6) is 0 Å². The lowest BCUT2D eigenvalue weighted by molar-refractivity contribution is -0.137. The molecular formula is C29H35BrN2O2S. The first-order chi connectivity index (χ1) is 16.7. The van der Waals surface area contributed by atoms with Crippen LogP contribution in [0.3, 0.4) is 0 Å². The third-order valence-electron chi connectivity index (χ3n) is 6.84. The smallest absolute Gasteiger partial charge is 0.303 e. The average Bonchev–Trinajstić information content (AvgIpc) is 3.25. The van der Waals surface area contributed by atoms with E-state index < -0.39 is 5.97 Å². The predicted octanol–water partition coefficient (Wildman–Crippen LogP) is 7.45. The minimum absolute atomic E-state index is 0.00390. The number of pyridine rings is 1. The molecule has 0 radical (unpaired) electrons. The van der Waals surface area contributed by atoms with E-state index in [1.807, 2.05) is 6.07 Å². The number of rotatable bonds is 9. The first kappa shape index (κ1) is 26.0. The van der Waals surface area contributed by atoms with Crippen LogP contribution in [-0.2, 0) is 42.3 Å². The summed E-state index contributed by atoms with van der Waals surface area (Å²) in [7, 11) is 0. The largest absolute Gasteiger partial charge is 0.481 e. The highest BCUT2D eigenvalue weighted by Gasteiger charge is 2.23. The first-order valence-corrected chi connectivity index (χ1v) is 14.3. The SMILES string of the molecule is CC(C)(C)c1ccc(Br)c(C(CC(=O)O)Cc2csc(CCCc3ccc4c(n3)CCCC4)n2)c1. The summed E-state index contributed by atoms with van der Waals surface area (Å²) in [5.41, 5.74) is 7.17. The van der Waals surface area contributed by atoms with Gasteiger partial charge >= 0.3 is 5.97 Å². The van der Waals surface area contributed by atoms with Crippen molar-refractivity contribution < 1.29 is 9.90 Å². The Kier molecular flexibility index (Phi) is 8.43. The maximum absolute atomic E-state index is 11.7. The van der Waals surface area contributed by atoms with Gasteiger partial charge in [0.05, 0.1) is 17.1 Å². The molecular weight excluding hydrogens is 520 g/mol. The molecule has 0 amide bonds. The van der Waals surface area contributed by atoms with Gasteiger partial charge in [0.25, 0.3) is 0 Å². The molecule has 2 heterocycles. The number of nitrogens with zero attached hydrogens (tertiary/aromatic N) is 2. The Labute approximate surface area is 221 Å². The van der Waals surface area contributed by atoms with Crippen LogP contribution in [-0.4, -0.2) is 21.0 Å². The molecule has 4 nitrogen and oxygen atoms in total. The Morgan fingerprint density at radius 2 is 1.89 bits per heavy atom. The van der Waals surface area contributed by atoms with Crippen LogP contribution in [0.1, 0.15) is 91.2 Å². The fourth-order valence-corrected chi connectivity index (χ4v) is 6.25. The Hall–Kier alpha value is -2.05. The van der Waals surface area contributed by atoms with Gasteiger partial charge in [-0.25, -0.2) is 4.98 Å². The maximum Gasteiger partial charge on any atom is 0.303 e. The van der Waals surface area contributed by atoms with Crippen LogP contribution >= 0.6 is 27.3 Å². The van der Waals surface area contributed by atoms with Crippen LogP contribution in [0, 0.1) is 0 Å². The number of halogens is 1. The number of carbonyl (C=O) groups is 1. The van der Waals surface area contributed by atoms with E-state index >= 15 is 0 Å². The van der Waals surface area contributed by atoms with Gasteiger partial charge in [-0.1, -0.05) is 54.9 Å². The van der Waals surface area contributed by atoms with Crippen molar-refractivity contribution in [3.05, 3.63) is 79.0 Å². The molecule has 0 aliphatic heterocycles. The number of aromatic nitrogens is 2. The quantitative estimate of drug-likeness (QED) is 0.298. The van der Waals surface area contributed by atoms with E-state index in [0.29, 0.717) is 6.42 Å². The lowest BCUT2D eigenvalue weighted by Crippen LogP contribution is -2.14. The topological polar surface area (TPSA) is 63.1 Å². The van der Waals surface area contributed by atoms with Gasteiger partial charge in [0.15, 0.2) is 0 Å². The van der Waals surface area contributed by atoms with Crippen molar-refractivity contribution in [2.75, 3.05) is 0 Å². The lowest BCUT2D eigenvalue weighted by Gasteiger charge is -2.23. The van der Waals surface area contributed by atoms with Crippen LogP contribution in [0.15, 0.2) is 40.2 Å². The van der Waals surface area contributed by atoms with E-state index in [-0.39, 0.29) is 17.8 Å². The summed E-state index contributed by atoms with van der Waals surface area (Å²) in [5.74, 6) is -0.908. The second kappa shape index (κ2) is 11.3. The van der Waals surface area contributed by atoms with Crippen molar-refractivity contribution in [2.45, 2.75) is 89.9 Å². The van der Waals surface area contributed by atoms with Gasteiger partial charge < -0.3 is 5.11 Å². The number of carboxylic acid groups (broad SMARTS) is 1. The van der Waals surface area contributed by atoms with Gasteiger partial charge in [-0.15, -0.1) is 11.3 Å². The second-order valence-corrected chi connectivity index (χ2v) is 12.5. The van der Waals surface area contributed by atoms with Crippen molar-refractivity contribution in [3.63, 3.8) is 0 Å². The number of fused-ring (bicyclic) bond motifs is 1. The first-order valence-electron chi connectivity index (χ1n) is 12.6. The minimum atomic E-state index is -0.781. The molecule has 0 fully saturated rings. The van der Waals surface area contributed by atoms with Gasteiger partial charge in [0.1, 0.15) is 0 Å². The molecule has 3 aromatic rings. The Morgan fingerprint density at radius 3 is 2.66 bits per heavy atom. The molecule has 0 spiro atoms. The molecule has 4 rings (SSSR count). The number of aryl methyl sites for hydroxylation is 4. The van der Waals surface area contributed by atoms with Crippen LogP contribution < -0.4 is 0 Å². The summed E-state index contributed by atoms with van der Waals surface area (Å²) in [6.07, 6.45) is 8.46. The van der Waals surface area contributed by atoms with Crippen molar-refractivity contribution >= 4 is 33.2 Å². The van der Waals surface area contributed by atoms with E-state index in [1.165, 1.54) is 41.8 Å². The molecule has 1 aliphatic rings. The van der Waals surface area contributed by atoms with Crippen LogP contribution in [0.2, 0.25) is 0 Å². The zero-order chi connectivity index (χ0) is 25.0. The lowest BCUT2D eigenvalue weighted by atomic mass is 9.83. The van der Waals surface area contributed by atoms with Gasteiger partial charge in [0, 0.05) is 27.2 Å². The summed E-state index contributed by atoms with van der Waals surface area (Å²) < 4.78 is 0.963. The third-order valence-corrected chi connectivity index (χ3v) is 8.52. The molecule has 1 unspecified atom stereocenters. The van der Waals surface area contributed by atoms with E-state index in [2.05, 4.69) is 66.3 Å². The third kappa shape index (κ3) is 7.01. The molecule has 1 N–H and O–H groups in total. The standard InChI is InChI=1S/C29H35BrN2O2S/c1-29(2,3)21-12-14-25(30)24(17-21)20(16-28(33)34)15-23-18-35-27(32-23)10-6-8-22-13-11-19-7-4-5-9-26(19)31-22/h11-14,17-18,20H,4-10,15-16H2,1-3H3,(H,33,34). The van der Waals surface area contributed by atoms with Crippen LogP contribution in [0.25, 0.3) is 0 Å². The molecule has 0 bridgehead atoms. The van der Waals surface area contributed by atoms with E-state index in [4.69, 9.17) is 9.97 Å². The molecule has 186 valence electrons. The summed E-state index contributed by atoms with van der Waals surface area (Å²) in [4.78, 5) is 21.5. The number of hydrogen-bond acceptors (Lipinski definition) is 4. The van der Waals surface area contributed by atoms with Gasteiger partial charge in [-0.3, -0.25) is 9.78 Å². The van der Waals surface area contributed by atoms with Gasteiger partial charge in [-0.05, 0) is 85.6 Å². The molecule has 35 heavy (non-hydrogen) atoms. The monoisotopic (exact) mass is 554 g/mol. The molecule has 2 aromatic heterocycles. The maximum atomic E-state index is 11.7. The van der Waals surface area contributed by atoms with Gasteiger partial charge in [0.2, 0.25) is 0 Å². The van der Waals surface area contributed by atoms with E-state index in [1.54, 1.807) is 11.3 Å². The minimum Gasteiger partial charge on any atom is -0.481 e. The normalized spacial score (nSPS) is 14.5. The highest BCUT2D eigenvalue weighted by molar-refractivity contribution is 9.10. The molecule has 6 heteroatoms. The summed E-state index contributed by atoms with van der Waals surface area (Å²) in [5, 5.41) is 12.8. The Balaban J connectivity index is 1.41. The highest BCUT2D eigenvalue weighted by Crippen LogP contribution is 2.35. The number of benzene rings is 1. The number of thiazole rings is 1. The number of carboxylic acids is 1. The van der Waals surface area contributed by atoms with E-state index in [0.717, 1.165) is 46.4 Å². The molecule has 1 aliphatic carbocycles. The zero-order valence-corrected chi connectivity index (χ0v) is 23.3. The average molecular weight is 556 g/mol. The predicted molar refractivity (Wildman–Crippen MR) is 147 cm³/mol. The molecule has 0 saturated carbocycles. The van der Waals surface area contributed by atoms with E-state index in [9.17, 15) is 9.90 Å². The number of aliphatic carboxylic acids is 1. The zero-order valence-electron chi connectivity index (χ0n) is 20.9. The Bertz CT molecular complexity index is 1180. The fourth-order valence-electron chi connectivity index (χ4n) is 4.82. The molecule has 1 aromatic carbocycles. The highest BCUT2D eigenvalue weighted by atomic mass is 79.9. The summed E-state index contributed by atoms with van der Waals surface area (Å²) in [6, 6.07) is 10.8. The molecule has 1 atom stereocenters. The second-order valence-electron chi connectivity index (χ2n) is 10.7. The summed E-state index contributed by atoms with van der Waals surface area (Å²) in [6.45, 7) is 6.54. The van der Waals surface area contributed by atoms with Crippen LogP contribution in [0.4, 0.5) is 0 Å². The molecule has 0 saturated heterocycles. The number of hydrogen-bond donors (Lipinski definition) is 1. The van der Waals surface area contributed by atoms with Gasteiger partial charge in [-0.2, -0.15) is 0 Å². The summed E-state index contributed by atoms with van der Waals surface area (Å²) >= 11 is 5.35. The van der Waals surface area contributed by atoms with Crippen molar-refractivity contribution in [2.24, 2.45) is 0 Å².